The second-order valence-corrected chi connectivity index (χ2v) is 12.9. The summed E-state index contributed by atoms with van der Waals surface area (Å²) in [6.07, 6.45) is -1.12. The summed E-state index contributed by atoms with van der Waals surface area (Å²) in [5.41, 5.74) is 5.81. The van der Waals surface area contributed by atoms with Gasteiger partial charge in [0.1, 0.15) is 11.5 Å². The van der Waals surface area contributed by atoms with Gasteiger partial charge in [-0.05, 0) is 75.5 Å². The van der Waals surface area contributed by atoms with Gasteiger partial charge in [0.2, 0.25) is 0 Å². The second-order valence-electron chi connectivity index (χ2n) is 12.9. The quantitative estimate of drug-likeness (QED) is 0.0914. The van der Waals surface area contributed by atoms with Gasteiger partial charge in [0.15, 0.2) is 5.78 Å². The monoisotopic (exact) mass is 825 g/mol. The number of halogens is 3. The van der Waals surface area contributed by atoms with E-state index in [4.69, 9.17) is 9.72 Å². The van der Waals surface area contributed by atoms with Crippen molar-refractivity contribution in [1.82, 2.24) is 4.98 Å². The number of fused-ring (bicyclic) bond motifs is 3. The Morgan fingerprint density at radius 2 is 1.64 bits per heavy atom. The molecule has 0 fully saturated rings. The molecule has 1 unspecified atom stereocenters. The van der Waals surface area contributed by atoms with Crippen LogP contribution in [0.2, 0.25) is 0 Å². The SMILES string of the molecule is CCC(CC(F)(F)F)C(=O)/C(C)=C(\O)C(CC)CC.Cc1cc(C)c2cc3c([c-]c2c1)-c1nccc2cc(CC(C)C)cc(c12)O3.[Ir]. The number of Topliss-reactive ketones (excluding diaryl/α,β-unsaturated/α-hetero) is 1. The number of alkyl halides is 3. The molecule has 255 valence electrons. The Hall–Kier alpha value is -3.22. The van der Waals surface area contributed by atoms with Crippen molar-refractivity contribution in [2.75, 3.05) is 0 Å². The van der Waals surface area contributed by atoms with E-state index in [1.54, 1.807) is 6.92 Å². The first-order valence-corrected chi connectivity index (χ1v) is 16.2. The van der Waals surface area contributed by atoms with E-state index in [0.717, 1.165) is 39.9 Å². The van der Waals surface area contributed by atoms with Crippen LogP contribution in [0, 0.1) is 37.7 Å². The molecule has 3 aromatic carbocycles. The van der Waals surface area contributed by atoms with E-state index in [-0.39, 0.29) is 43.8 Å². The van der Waals surface area contributed by atoms with Gasteiger partial charge in [0, 0.05) is 54.8 Å². The van der Waals surface area contributed by atoms with E-state index in [1.807, 2.05) is 20.0 Å². The number of pyridine rings is 1. The molecule has 0 spiro atoms. The maximum atomic E-state index is 12.4. The number of carbonyl (C=O) groups excluding carboxylic acids is 1. The van der Waals surface area contributed by atoms with Crippen molar-refractivity contribution in [2.45, 2.75) is 93.7 Å². The molecule has 0 bridgehead atoms. The number of rotatable bonds is 9. The number of benzene rings is 3. The zero-order valence-electron chi connectivity index (χ0n) is 28.5. The van der Waals surface area contributed by atoms with Crippen LogP contribution >= 0.6 is 0 Å². The molecular weight excluding hydrogens is 780 g/mol. The summed E-state index contributed by atoms with van der Waals surface area (Å²) >= 11 is 0. The third-order valence-corrected chi connectivity index (χ3v) is 8.77. The van der Waals surface area contributed by atoms with Crippen molar-refractivity contribution >= 4 is 27.3 Å². The fraction of sp³-hybridized carbons (Fsp3) is 0.436. The molecule has 0 saturated heterocycles. The molecule has 47 heavy (non-hydrogen) atoms. The van der Waals surface area contributed by atoms with Crippen LogP contribution in [0.15, 0.2) is 53.9 Å². The Bertz CT molecular complexity index is 1770. The van der Waals surface area contributed by atoms with Crippen LogP contribution in [0.5, 0.6) is 11.5 Å². The van der Waals surface area contributed by atoms with E-state index in [9.17, 15) is 23.1 Å². The van der Waals surface area contributed by atoms with Gasteiger partial charge >= 0.3 is 6.18 Å². The van der Waals surface area contributed by atoms with Crippen molar-refractivity contribution in [3.8, 4) is 22.8 Å². The largest absolute Gasteiger partial charge is 0.512 e. The summed E-state index contributed by atoms with van der Waals surface area (Å²) in [6.45, 7) is 15.5. The van der Waals surface area contributed by atoms with Gasteiger partial charge in [-0.1, -0.05) is 74.9 Å². The van der Waals surface area contributed by atoms with Crippen LogP contribution in [0.1, 0.15) is 83.9 Å². The molecule has 1 aliphatic heterocycles. The average Bonchev–Trinajstić information content (AvgIpc) is 2.98. The molecular formula is C39H45F3IrNO3-. The molecule has 0 aliphatic carbocycles. The summed E-state index contributed by atoms with van der Waals surface area (Å²) in [4.78, 5) is 16.7. The zero-order valence-corrected chi connectivity index (χ0v) is 30.9. The predicted octanol–water partition coefficient (Wildman–Crippen LogP) is 11.6. The minimum Gasteiger partial charge on any atom is -0.512 e. The van der Waals surface area contributed by atoms with E-state index in [2.05, 4.69) is 70.2 Å². The molecule has 8 heteroatoms. The number of hydrogen-bond acceptors (Lipinski definition) is 4. The Morgan fingerprint density at radius 1 is 0.979 bits per heavy atom. The van der Waals surface area contributed by atoms with Crippen molar-refractivity contribution in [3.05, 3.63) is 76.7 Å². The molecule has 1 aliphatic rings. The third kappa shape index (κ3) is 8.83. The number of aliphatic hydroxyl groups is 1. The van der Waals surface area contributed by atoms with Gasteiger partial charge in [-0.3, -0.25) is 9.78 Å². The number of allylic oxidation sites excluding steroid dienone is 2. The topological polar surface area (TPSA) is 59.4 Å². The van der Waals surface area contributed by atoms with Crippen LogP contribution in [0.25, 0.3) is 32.8 Å². The van der Waals surface area contributed by atoms with Gasteiger partial charge in [-0.2, -0.15) is 13.2 Å². The molecule has 4 nitrogen and oxygen atoms in total. The van der Waals surface area contributed by atoms with Crippen LogP contribution in [-0.2, 0) is 31.3 Å². The summed E-state index contributed by atoms with van der Waals surface area (Å²) < 4.78 is 43.5. The standard InChI is InChI=1S/C25H22NO.C14H23F3O2.Ir/c1-14(2)7-17-10-18-5-6-26-25-21-12-19-9-15(3)8-16(4)20(19)13-22(21)27-23(11-17)24(18)25;1-5-10(6-2)12(18)9(4)13(19)11(7-3)8-14(15,16)17;/h5-6,8-11,13-14H,7H2,1-4H3;10-11,18H,5-8H2,1-4H3;/q-1;;/b;12-9-;. The fourth-order valence-corrected chi connectivity index (χ4v) is 6.36. The second kappa shape index (κ2) is 15.8. The molecule has 1 N–H and O–H groups in total. The molecule has 5 rings (SSSR count). The summed E-state index contributed by atoms with van der Waals surface area (Å²) in [7, 11) is 0. The average molecular weight is 825 g/mol. The van der Waals surface area contributed by atoms with Crippen molar-refractivity contribution < 1.29 is 47.9 Å². The number of aryl methyl sites for hydroxylation is 2. The maximum absolute atomic E-state index is 12.4. The number of carbonyl (C=O) groups is 1. The fourth-order valence-electron chi connectivity index (χ4n) is 6.36. The van der Waals surface area contributed by atoms with Crippen molar-refractivity contribution in [2.24, 2.45) is 17.8 Å². The number of aliphatic hydroxyl groups excluding tert-OH is 1. The first kappa shape index (κ1) is 38.2. The van der Waals surface area contributed by atoms with E-state index in [1.165, 1.54) is 34.4 Å². The van der Waals surface area contributed by atoms with E-state index < -0.39 is 24.3 Å². The molecule has 2 heterocycles. The van der Waals surface area contributed by atoms with Gasteiger partial charge in [-0.15, -0.1) is 17.5 Å². The Kier molecular flexibility index (Phi) is 12.8. The Balaban J connectivity index is 0.000000269. The third-order valence-electron chi connectivity index (χ3n) is 8.77. The van der Waals surface area contributed by atoms with Crippen molar-refractivity contribution in [3.63, 3.8) is 0 Å². The van der Waals surface area contributed by atoms with Gasteiger partial charge in [-0.25, -0.2) is 0 Å². The molecule has 1 radical (unpaired) electrons. The number of hydrogen-bond donors (Lipinski definition) is 1. The molecule has 1 atom stereocenters. The molecule has 0 amide bonds. The van der Waals surface area contributed by atoms with E-state index >= 15 is 0 Å². The van der Waals surface area contributed by atoms with Crippen LogP contribution in [0.3, 0.4) is 0 Å². The smallest absolute Gasteiger partial charge is 0.389 e. The van der Waals surface area contributed by atoms with Crippen LogP contribution in [-0.4, -0.2) is 22.1 Å². The van der Waals surface area contributed by atoms with Gasteiger partial charge < -0.3 is 9.84 Å². The van der Waals surface area contributed by atoms with Gasteiger partial charge in [0.05, 0.1) is 12.2 Å². The number of nitrogens with zero attached hydrogens (tertiary/aromatic N) is 1. The Morgan fingerprint density at radius 3 is 2.23 bits per heavy atom. The maximum Gasteiger partial charge on any atom is 0.389 e. The van der Waals surface area contributed by atoms with Crippen LogP contribution < -0.4 is 4.74 Å². The van der Waals surface area contributed by atoms with E-state index in [0.29, 0.717) is 18.8 Å². The molecule has 0 saturated carbocycles. The molecule has 1 aromatic heterocycles. The number of ketones is 1. The summed E-state index contributed by atoms with van der Waals surface area (Å²) in [5, 5.41) is 14.6. The minimum absolute atomic E-state index is 0. The number of aromatic nitrogens is 1. The first-order chi connectivity index (χ1) is 21.7. The van der Waals surface area contributed by atoms with Crippen LogP contribution in [0.4, 0.5) is 13.2 Å². The first-order valence-electron chi connectivity index (χ1n) is 16.2. The molecule has 4 aromatic rings. The number of ether oxygens (including phenoxy) is 1. The van der Waals surface area contributed by atoms with Gasteiger partial charge in [0.25, 0.3) is 0 Å². The minimum atomic E-state index is -4.36. The normalized spacial score (nSPS) is 13.4. The van der Waals surface area contributed by atoms with Crippen molar-refractivity contribution in [1.29, 1.82) is 0 Å². The summed E-state index contributed by atoms with van der Waals surface area (Å²) in [5.74, 6) is 0.457. The zero-order chi connectivity index (χ0) is 33.9. The summed E-state index contributed by atoms with van der Waals surface area (Å²) in [6, 6.07) is 16.7. The predicted molar refractivity (Wildman–Crippen MR) is 180 cm³/mol. The Labute approximate surface area is 290 Å².